The van der Waals surface area contributed by atoms with Crippen LogP contribution in [-0.4, -0.2) is 14.2 Å². The smallest absolute Gasteiger partial charge is 0.198 e. The maximum atomic E-state index is 10.0. The monoisotopic (exact) mass is 144 g/mol. The fourth-order valence-corrected chi connectivity index (χ4v) is 0.401. The van der Waals surface area contributed by atoms with Crippen molar-refractivity contribution in [2.75, 3.05) is 5.75 Å². The minimum Gasteiger partial charge on any atom is -0.198 e. The van der Waals surface area contributed by atoms with Crippen LogP contribution in [0.2, 0.25) is 0 Å². The number of hydrogen-bond acceptors (Lipinski definition) is 3. The van der Waals surface area contributed by atoms with E-state index in [4.69, 9.17) is 0 Å². The first-order chi connectivity index (χ1) is 3.12. The Kier molecular flexibility index (Phi) is 2.56. The molecule has 0 unspecified atom stereocenters. The summed E-state index contributed by atoms with van der Waals surface area (Å²) in [6, 6.07) is 0. The molecule has 0 N–H and O–H groups in total. The van der Waals surface area contributed by atoms with Crippen LogP contribution in [0.4, 0.5) is 0 Å². The zero-order chi connectivity index (χ0) is 5.91. The van der Waals surface area contributed by atoms with E-state index < -0.39 is 10.1 Å². The summed E-state index contributed by atoms with van der Waals surface area (Å²) in [5, 5.41) is 0. The lowest BCUT2D eigenvalue weighted by Gasteiger charge is -1.87. The van der Waals surface area contributed by atoms with Gasteiger partial charge in [-0.3, -0.25) is 0 Å². The van der Waals surface area contributed by atoms with Gasteiger partial charge >= 0.3 is 0 Å². The van der Waals surface area contributed by atoms with Crippen LogP contribution >= 0.6 is 11.9 Å². The quantitative estimate of drug-likeness (QED) is 0.567. The molecule has 0 aromatic carbocycles. The highest BCUT2D eigenvalue weighted by Crippen LogP contribution is 1.93. The fourth-order valence-electron chi connectivity index (χ4n) is 0.0445. The minimum absolute atomic E-state index is 0.0868. The maximum Gasteiger partial charge on any atom is 0.282 e. The summed E-state index contributed by atoms with van der Waals surface area (Å²) in [5.74, 6) is -0.0868. The Labute approximate surface area is 47.5 Å². The van der Waals surface area contributed by atoms with Crippen molar-refractivity contribution in [1.29, 1.82) is 0 Å². The van der Waals surface area contributed by atoms with Gasteiger partial charge in [0.15, 0.2) is 0 Å². The van der Waals surface area contributed by atoms with Crippen molar-refractivity contribution >= 4 is 22.0 Å². The normalized spacial score (nSPS) is 11.7. The van der Waals surface area contributed by atoms with Gasteiger partial charge in [-0.2, -0.15) is 12.2 Å². The molecule has 5 heteroatoms. The summed E-state index contributed by atoms with van der Waals surface area (Å²) in [4.78, 5) is 0. The van der Waals surface area contributed by atoms with Gasteiger partial charge in [0.1, 0.15) is 0 Å². The molecule has 0 aliphatic rings. The molecule has 0 radical (unpaired) electrons. The summed E-state index contributed by atoms with van der Waals surface area (Å²) >= 11 is 4.51. The standard InChI is InChI=1S/C2H5ClO3S/c1-2-7(4,5)6-3/h2H2,1H3. The SMILES string of the molecule is CCS(=O)(=O)OCl. The van der Waals surface area contributed by atoms with Crippen LogP contribution in [0.5, 0.6) is 0 Å². The molecule has 0 saturated heterocycles. The van der Waals surface area contributed by atoms with Crippen LogP contribution in [-0.2, 0) is 13.9 Å². The molecule has 7 heavy (non-hydrogen) atoms. The van der Waals surface area contributed by atoms with Gasteiger partial charge in [-0.15, -0.1) is 0 Å². The first-order valence-corrected chi connectivity index (χ1v) is 3.54. The highest BCUT2D eigenvalue weighted by molar-refractivity contribution is 7.87. The molecular weight excluding hydrogens is 140 g/mol. The average molecular weight is 145 g/mol. The second kappa shape index (κ2) is 2.49. The highest BCUT2D eigenvalue weighted by Gasteiger charge is 2.02. The van der Waals surface area contributed by atoms with E-state index in [9.17, 15) is 8.42 Å². The molecule has 0 aliphatic heterocycles. The molecule has 0 rings (SSSR count). The molecule has 44 valence electrons. The van der Waals surface area contributed by atoms with Crippen LogP contribution in [0.3, 0.4) is 0 Å². The average Bonchev–Trinajstić information content (AvgIpc) is 1.68. The van der Waals surface area contributed by atoms with E-state index in [2.05, 4.69) is 15.6 Å². The second-order valence-corrected chi connectivity index (χ2v) is 3.11. The van der Waals surface area contributed by atoms with Gasteiger partial charge in [-0.25, -0.2) is 0 Å². The van der Waals surface area contributed by atoms with Crippen LogP contribution in [0.15, 0.2) is 0 Å². The van der Waals surface area contributed by atoms with Crippen molar-refractivity contribution in [3.05, 3.63) is 0 Å². The lowest BCUT2D eigenvalue weighted by molar-refractivity contribution is 0.510. The Morgan fingerprint density at radius 3 is 2.14 bits per heavy atom. The molecule has 3 nitrogen and oxygen atoms in total. The Hall–Kier alpha value is 0.200. The molecule has 0 aromatic rings. The van der Waals surface area contributed by atoms with Gasteiger partial charge in [0.05, 0.1) is 17.6 Å². The zero-order valence-corrected chi connectivity index (χ0v) is 5.29. The summed E-state index contributed by atoms with van der Waals surface area (Å²) < 4.78 is 23.6. The number of hydrogen-bond donors (Lipinski definition) is 0. The second-order valence-electron chi connectivity index (χ2n) is 0.909. The van der Waals surface area contributed by atoms with Gasteiger partial charge in [-0.05, 0) is 6.92 Å². The Bertz CT molecular complexity index is 116. The van der Waals surface area contributed by atoms with Gasteiger partial charge in [0, 0.05) is 0 Å². The van der Waals surface area contributed by atoms with Crippen LogP contribution < -0.4 is 0 Å². The van der Waals surface area contributed by atoms with Crippen molar-refractivity contribution in [3.63, 3.8) is 0 Å². The van der Waals surface area contributed by atoms with Crippen molar-refractivity contribution in [2.45, 2.75) is 6.92 Å². The highest BCUT2D eigenvalue weighted by atomic mass is 35.5. The van der Waals surface area contributed by atoms with E-state index in [-0.39, 0.29) is 5.75 Å². The molecule has 0 amide bonds. The lowest BCUT2D eigenvalue weighted by Crippen LogP contribution is -2.00. The van der Waals surface area contributed by atoms with Crippen molar-refractivity contribution in [3.8, 4) is 0 Å². The molecule has 0 atom stereocenters. The van der Waals surface area contributed by atoms with Crippen LogP contribution in [0, 0.1) is 0 Å². The van der Waals surface area contributed by atoms with Crippen molar-refractivity contribution in [1.82, 2.24) is 0 Å². The van der Waals surface area contributed by atoms with Gasteiger partial charge in [0.25, 0.3) is 10.1 Å². The Morgan fingerprint density at radius 1 is 1.71 bits per heavy atom. The topological polar surface area (TPSA) is 43.4 Å². The van der Waals surface area contributed by atoms with Crippen molar-refractivity contribution in [2.24, 2.45) is 0 Å². The van der Waals surface area contributed by atoms with Gasteiger partial charge in [0.2, 0.25) is 0 Å². The third-order valence-electron chi connectivity index (χ3n) is 0.450. The van der Waals surface area contributed by atoms with Crippen LogP contribution in [0.25, 0.3) is 0 Å². The molecule has 0 bridgehead atoms. The van der Waals surface area contributed by atoms with E-state index >= 15 is 0 Å². The fraction of sp³-hybridized carbons (Fsp3) is 1.00. The van der Waals surface area contributed by atoms with E-state index in [0.717, 1.165) is 0 Å². The summed E-state index contributed by atoms with van der Waals surface area (Å²) in [6.45, 7) is 1.44. The summed E-state index contributed by atoms with van der Waals surface area (Å²) in [7, 11) is -3.39. The molecule has 0 fully saturated rings. The molecular formula is C2H5ClO3S. The third kappa shape index (κ3) is 2.85. The van der Waals surface area contributed by atoms with E-state index in [1.807, 2.05) is 0 Å². The van der Waals surface area contributed by atoms with Gasteiger partial charge < -0.3 is 0 Å². The van der Waals surface area contributed by atoms with E-state index in [1.54, 1.807) is 0 Å². The van der Waals surface area contributed by atoms with Crippen molar-refractivity contribution < 1.29 is 12.2 Å². The largest absolute Gasteiger partial charge is 0.282 e. The Morgan fingerprint density at radius 2 is 2.14 bits per heavy atom. The van der Waals surface area contributed by atoms with Crippen LogP contribution in [0.1, 0.15) is 6.92 Å². The lowest BCUT2D eigenvalue weighted by atomic mass is 11.0. The molecule has 0 aromatic heterocycles. The maximum absolute atomic E-state index is 10.0. The number of halogens is 1. The predicted molar refractivity (Wildman–Crippen MR) is 26.4 cm³/mol. The minimum atomic E-state index is -3.39. The third-order valence-corrected chi connectivity index (χ3v) is 1.92. The molecule has 0 saturated carbocycles. The Balaban J connectivity index is 3.89. The summed E-state index contributed by atoms with van der Waals surface area (Å²) in [5.41, 5.74) is 0. The van der Waals surface area contributed by atoms with E-state index in [0.29, 0.717) is 0 Å². The zero-order valence-electron chi connectivity index (χ0n) is 3.72. The number of rotatable bonds is 2. The predicted octanol–water partition coefficient (Wildman–Crippen LogP) is 0.507. The molecule has 0 spiro atoms. The molecule has 0 aliphatic carbocycles. The first-order valence-electron chi connectivity index (χ1n) is 1.65. The van der Waals surface area contributed by atoms with E-state index in [1.165, 1.54) is 6.92 Å². The first kappa shape index (κ1) is 7.20. The molecule has 0 heterocycles. The van der Waals surface area contributed by atoms with Gasteiger partial charge in [-0.1, -0.05) is 0 Å². The summed E-state index contributed by atoms with van der Waals surface area (Å²) in [6.07, 6.45) is 0.